The number of Topliss-reactive ketones (excluding diaryl/α,β-unsaturated/α-hetero) is 1. The number of nitrogens with zero attached hydrogens (tertiary/aromatic N) is 1. The molecule has 0 aliphatic carbocycles. The molecule has 0 spiro atoms. The fourth-order valence-electron chi connectivity index (χ4n) is 1.92. The lowest BCUT2D eigenvalue weighted by Gasteiger charge is -2.06. The van der Waals surface area contributed by atoms with Gasteiger partial charge in [-0.1, -0.05) is 12.1 Å². The van der Waals surface area contributed by atoms with Crippen LogP contribution in [0.5, 0.6) is 5.75 Å². The Bertz CT molecular complexity index is 805. The molecule has 0 fully saturated rings. The van der Waals surface area contributed by atoms with E-state index in [4.69, 9.17) is 9.47 Å². The van der Waals surface area contributed by atoms with Gasteiger partial charge in [0.15, 0.2) is 18.1 Å². The summed E-state index contributed by atoms with van der Waals surface area (Å²) in [6.45, 7) is -0.609. The van der Waals surface area contributed by atoms with E-state index in [-0.39, 0.29) is 16.9 Å². The normalized spacial score (nSPS) is 10.1. The van der Waals surface area contributed by atoms with Crippen LogP contribution in [0.1, 0.15) is 20.7 Å². The molecule has 0 aliphatic rings. The van der Waals surface area contributed by atoms with Crippen molar-refractivity contribution >= 4 is 17.4 Å². The van der Waals surface area contributed by atoms with E-state index in [1.807, 2.05) is 0 Å². The zero-order chi connectivity index (χ0) is 17.7. The molecule has 124 valence electrons. The maximum absolute atomic E-state index is 13.0. The average molecular weight is 333 g/mol. The highest BCUT2D eigenvalue weighted by Gasteiger charge is 2.19. The van der Waals surface area contributed by atoms with Gasteiger partial charge in [0.1, 0.15) is 5.82 Å². The van der Waals surface area contributed by atoms with Gasteiger partial charge in [-0.05, 0) is 24.3 Å². The first-order valence-corrected chi connectivity index (χ1v) is 6.70. The van der Waals surface area contributed by atoms with Crippen LogP contribution in [0.3, 0.4) is 0 Å². The number of benzene rings is 2. The number of ether oxygens (including phenoxy) is 2. The van der Waals surface area contributed by atoms with E-state index >= 15 is 0 Å². The van der Waals surface area contributed by atoms with Crippen molar-refractivity contribution in [3.63, 3.8) is 0 Å². The lowest BCUT2D eigenvalue weighted by molar-refractivity contribution is -0.385. The molecule has 0 unspecified atom stereocenters. The van der Waals surface area contributed by atoms with Crippen LogP contribution in [-0.2, 0) is 4.74 Å². The van der Waals surface area contributed by atoms with Crippen LogP contribution in [0, 0.1) is 15.9 Å². The molecule has 0 atom stereocenters. The van der Waals surface area contributed by atoms with E-state index in [1.165, 1.54) is 37.4 Å². The second-order valence-corrected chi connectivity index (χ2v) is 4.65. The van der Waals surface area contributed by atoms with Crippen molar-refractivity contribution in [3.05, 3.63) is 69.5 Å². The standard InChI is InChI=1S/C16H12FNO6/c1-23-15-6-5-11(8-13(15)18(21)22)16(20)24-9-14(19)10-3-2-4-12(17)7-10/h2-8H,9H2,1H3. The Morgan fingerprint density at radius 2 is 1.92 bits per heavy atom. The number of carbonyl (C=O) groups excluding carboxylic acids is 2. The third-order valence-corrected chi connectivity index (χ3v) is 3.09. The zero-order valence-electron chi connectivity index (χ0n) is 12.5. The number of rotatable bonds is 6. The van der Waals surface area contributed by atoms with Crippen molar-refractivity contribution in [2.45, 2.75) is 0 Å². The second kappa shape index (κ2) is 7.32. The molecule has 2 rings (SSSR count). The first-order chi connectivity index (χ1) is 11.4. The van der Waals surface area contributed by atoms with Crippen LogP contribution in [0.4, 0.5) is 10.1 Å². The summed E-state index contributed by atoms with van der Waals surface area (Å²) < 4.78 is 22.7. The minimum absolute atomic E-state index is 0.00705. The fourth-order valence-corrected chi connectivity index (χ4v) is 1.92. The minimum atomic E-state index is -0.912. The van der Waals surface area contributed by atoms with Crippen LogP contribution in [0.25, 0.3) is 0 Å². The second-order valence-electron chi connectivity index (χ2n) is 4.65. The topological polar surface area (TPSA) is 95.7 Å². The Morgan fingerprint density at radius 1 is 1.17 bits per heavy atom. The van der Waals surface area contributed by atoms with E-state index in [9.17, 15) is 24.1 Å². The number of hydrogen-bond acceptors (Lipinski definition) is 6. The third kappa shape index (κ3) is 3.92. The Labute approximate surface area is 135 Å². The lowest BCUT2D eigenvalue weighted by atomic mass is 10.1. The summed E-state index contributed by atoms with van der Waals surface area (Å²) in [5.41, 5.74) is -0.443. The third-order valence-electron chi connectivity index (χ3n) is 3.09. The van der Waals surface area contributed by atoms with Crippen LogP contribution >= 0.6 is 0 Å². The van der Waals surface area contributed by atoms with E-state index in [0.29, 0.717) is 0 Å². The summed E-state index contributed by atoms with van der Waals surface area (Å²) in [6.07, 6.45) is 0. The summed E-state index contributed by atoms with van der Waals surface area (Å²) >= 11 is 0. The minimum Gasteiger partial charge on any atom is -0.490 e. The van der Waals surface area contributed by atoms with Crippen LogP contribution < -0.4 is 4.74 Å². The fraction of sp³-hybridized carbons (Fsp3) is 0.125. The molecule has 7 nitrogen and oxygen atoms in total. The van der Waals surface area contributed by atoms with E-state index in [1.54, 1.807) is 0 Å². The molecular weight excluding hydrogens is 321 g/mol. The molecule has 0 aliphatic heterocycles. The maximum Gasteiger partial charge on any atom is 0.338 e. The molecule has 0 radical (unpaired) electrons. The molecule has 0 N–H and O–H groups in total. The smallest absolute Gasteiger partial charge is 0.338 e. The van der Waals surface area contributed by atoms with Crippen LogP contribution in [0.15, 0.2) is 42.5 Å². The molecule has 0 heterocycles. The van der Waals surface area contributed by atoms with Crippen molar-refractivity contribution in [2.75, 3.05) is 13.7 Å². The van der Waals surface area contributed by atoms with Gasteiger partial charge in [0.2, 0.25) is 0 Å². The number of esters is 1. The number of ketones is 1. The van der Waals surface area contributed by atoms with Gasteiger partial charge in [-0.15, -0.1) is 0 Å². The van der Waals surface area contributed by atoms with Gasteiger partial charge in [-0.2, -0.15) is 0 Å². The number of halogens is 1. The van der Waals surface area contributed by atoms with Gasteiger partial charge in [0, 0.05) is 11.6 Å². The van der Waals surface area contributed by atoms with E-state index in [0.717, 1.165) is 12.1 Å². The molecule has 0 aromatic heterocycles. The van der Waals surface area contributed by atoms with Crippen molar-refractivity contribution in [1.82, 2.24) is 0 Å². The van der Waals surface area contributed by atoms with Crippen LogP contribution in [0.2, 0.25) is 0 Å². The van der Waals surface area contributed by atoms with Gasteiger partial charge in [0.25, 0.3) is 0 Å². The predicted octanol–water partition coefficient (Wildman–Crippen LogP) is 2.78. The highest BCUT2D eigenvalue weighted by atomic mass is 19.1. The largest absolute Gasteiger partial charge is 0.490 e. The Balaban J connectivity index is 2.09. The first kappa shape index (κ1) is 17.1. The predicted molar refractivity (Wildman–Crippen MR) is 80.7 cm³/mol. The van der Waals surface area contributed by atoms with E-state index < -0.39 is 34.8 Å². The summed E-state index contributed by atoms with van der Waals surface area (Å²) in [5.74, 6) is -2.10. The first-order valence-electron chi connectivity index (χ1n) is 6.70. The summed E-state index contributed by atoms with van der Waals surface area (Å²) in [7, 11) is 1.26. The van der Waals surface area contributed by atoms with Gasteiger partial charge in [-0.3, -0.25) is 14.9 Å². The quantitative estimate of drug-likeness (QED) is 0.349. The molecule has 0 saturated heterocycles. The molecule has 0 amide bonds. The molecule has 2 aromatic rings. The number of carbonyl (C=O) groups is 2. The highest BCUT2D eigenvalue weighted by molar-refractivity contribution is 5.99. The number of nitro groups is 1. The van der Waals surface area contributed by atoms with Crippen molar-refractivity contribution in [2.24, 2.45) is 0 Å². The average Bonchev–Trinajstić information content (AvgIpc) is 2.58. The molecule has 8 heteroatoms. The van der Waals surface area contributed by atoms with Crippen molar-refractivity contribution in [1.29, 1.82) is 0 Å². The number of nitro benzene ring substituents is 1. The van der Waals surface area contributed by atoms with Crippen molar-refractivity contribution < 1.29 is 28.4 Å². The SMILES string of the molecule is COc1ccc(C(=O)OCC(=O)c2cccc(F)c2)cc1[N+](=O)[O-]. The molecule has 2 aromatic carbocycles. The summed E-state index contributed by atoms with van der Waals surface area (Å²) in [6, 6.07) is 8.47. The van der Waals surface area contributed by atoms with E-state index in [2.05, 4.69) is 0 Å². The Morgan fingerprint density at radius 3 is 2.54 bits per heavy atom. The van der Waals surface area contributed by atoms with Gasteiger partial charge in [-0.25, -0.2) is 9.18 Å². The zero-order valence-corrected chi connectivity index (χ0v) is 12.5. The molecule has 24 heavy (non-hydrogen) atoms. The lowest BCUT2D eigenvalue weighted by Crippen LogP contribution is -2.14. The summed E-state index contributed by atoms with van der Waals surface area (Å²) in [4.78, 5) is 34.0. The van der Waals surface area contributed by atoms with Gasteiger partial charge < -0.3 is 9.47 Å². The van der Waals surface area contributed by atoms with Crippen LogP contribution in [-0.4, -0.2) is 30.4 Å². The monoisotopic (exact) mass is 333 g/mol. The Kier molecular flexibility index (Phi) is 5.20. The molecule has 0 bridgehead atoms. The highest BCUT2D eigenvalue weighted by Crippen LogP contribution is 2.27. The summed E-state index contributed by atoms with van der Waals surface area (Å²) in [5, 5.41) is 10.9. The molecular formula is C16H12FNO6. The Hall–Kier alpha value is -3.29. The number of methoxy groups -OCH3 is 1. The van der Waals surface area contributed by atoms with Gasteiger partial charge in [0.05, 0.1) is 17.6 Å². The van der Waals surface area contributed by atoms with Gasteiger partial charge >= 0.3 is 11.7 Å². The molecule has 0 saturated carbocycles. The number of hydrogen-bond donors (Lipinski definition) is 0. The maximum atomic E-state index is 13.0. The van der Waals surface area contributed by atoms with Crippen molar-refractivity contribution in [3.8, 4) is 5.75 Å².